The van der Waals surface area contributed by atoms with E-state index in [0.717, 1.165) is 22.0 Å². The van der Waals surface area contributed by atoms with Gasteiger partial charge in [-0.1, -0.05) is 42.5 Å². The average molecular weight is 250 g/mol. The molecule has 0 bridgehead atoms. The molecule has 19 heavy (non-hydrogen) atoms. The SMILES string of the molecule is [2H]c1cnc2ccc(C(C)(O)c3ccccc3)cc2c1. The van der Waals surface area contributed by atoms with E-state index in [2.05, 4.69) is 4.98 Å². The minimum atomic E-state index is -1.06. The summed E-state index contributed by atoms with van der Waals surface area (Å²) < 4.78 is 7.64. The van der Waals surface area contributed by atoms with E-state index in [1.165, 1.54) is 6.20 Å². The molecule has 0 fully saturated rings. The Morgan fingerprint density at radius 3 is 2.63 bits per heavy atom. The summed E-state index contributed by atoms with van der Waals surface area (Å²) in [6, 6.07) is 17.3. The Balaban J connectivity index is 2.14. The minimum Gasteiger partial charge on any atom is -0.381 e. The fourth-order valence-corrected chi connectivity index (χ4v) is 2.25. The van der Waals surface area contributed by atoms with Gasteiger partial charge in [-0.25, -0.2) is 0 Å². The third kappa shape index (κ3) is 2.11. The first kappa shape index (κ1) is 10.7. The van der Waals surface area contributed by atoms with Gasteiger partial charge in [-0.2, -0.15) is 0 Å². The minimum absolute atomic E-state index is 0.369. The molecule has 0 aliphatic carbocycles. The van der Waals surface area contributed by atoms with E-state index in [0.29, 0.717) is 6.04 Å². The monoisotopic (exact) mass is 250 g/mol. The van der Waals surface area contributed by atoms with Gasteiger partial charge in [0, 0.05) is 11.6 Å². The first-order valence-corrected chi connectivity index (χ1v) is 6.22. The molecular formula is C17H15NO. The molecule has 2 heteroatoms. The van der Waals surface area contributed by atoms with Gasteiger partial charge >= 0.3 is 0 Å². The number of hydrogen-bond acceptors (Lipinski definition) is 2. The highest BCUT2D eigenvalue weighted by Crippen LogP contribution is 2.30. The van der Waals surface area contributed by atoms with Crippen LogP contribution in [-0.4, -0.2) is 10.1 Å². The van der Waals surface area contributed by atoms with Crippen molar-refractivity contribution in [2.45, 2.75) is 12.5 Å². The zero-order valence-corrected chi connectivity index (χ0v) is 10.7. The summed E-state index contributed by atoms with van der Waals surface area (Å²) in [6.07, 6.45) is 1.53. The Hall–Kier alpha value is -2.19. The number of pyridine rings is 1. The Bertz CT molecular complexity index is 753. The van der Waals surface area contributed by atoms with E-state index in [1.807, 2.05) is 48.5 Å². The van der Waals surface area contributed by atoms with Crippen molar-refractivity contribution in [1.82, 2.24) is 4.98 Å². The third-order valence-corrected chi connectivity index (χ3v) is 3.44. The van der Waals surface area contributed by atoms with Crippen molar-refractivity contribution >= 4 is 10.9 Å². The molecule has 1 heterocycles. The van der Waals surface area contributed by atoms with Crippen LogP contribution in [0.25, 0.3) is 10.9 Å². The van der Waals surface area contributed by atoms with Gasteiger partial charge in [0.2, 0.25) is 0 Å². The number of aliphatic hydroxyl groups is 1. The van der Waals surface area contributed by atoms with E-state index < -0.39 is 5.60 Å². The standard InChI is InChI=1S/C17H15NO/c1-17(19,14-7-3-2-4-8-14)15-9-10-16-13(12-15)6-5-11-18-16/h2-12,19H,1H3/i5D. The number of nitrogens with zero attached hydrogens (tertiary/aromatic N) is 1. The quantitative estimate of drug-likeness (QED) is 0.755. The third-order valence-electron chi connectivity index (χ3n) is 3.44. The van der Waals surface area contributed by atoms with Crippen LogP contribution in [0.2, 0.25) is 0 Å². The van der Waals surface area contributed by atoms with Gasteiger partial charge in [-0.15, -0.1) is 0 Å². The summed E-state index contributed by atoms with van der Waals surface area (Å²) in [6.45, 7) is 1.78. The van der Waals surface area contributed by atoms with Crippen molar-refractivity contribution in [3.63, 3.8) is 0 Å². The van der Waals surface area contributed by atoms with Gasteiger partial charge in [0.05, 0.1) is 6.89 Å². The molecule has 2 nitrogen and oxygen atoms in total. The first-order valence-electron chi connectivity index (χ1n) is 6.72. The molecule has 0 saturated carbocycles. The van der Waals surface area contributed by atoms with E-state index in [-0.39, 0.29) is 0 Å². The molecule has 0 amide bonds. The topological polar surface area (TPSA) is 33.1 Å². The molecule has 0 radical (unpaired) electrons. The molecule has 1 aromatic heterocycles. The van der Waals surface area contributed by atoms with Crippen LogP contribution < -0.4 is 0 Å². The van der Waals surface area contributed by atoms with Crippen molar-refractivity contribution < 1.29 is 6.48 Å². The Labute approximate surface area is 113 Å². The molecule has 2 aromatic carbocycles. The van der Waals surface area contributed by atoms with Crippen LogP contribution in [0.15, 0.2) is 66.8 Å². The van der Waals surface area contributed by atoms with Crippen LogP contribution in [0.5, 0.6) is 0 Å². The highest BCUT2D eigenvalue weighted by Gasteiger charge is 2.25. The normalized spacial score (nSPS) is 14.9. The van der Waals surface area contributed by atoms with Gasteiger partial charge in [0.25, 0.3) is 0 Å². The number of fused-ring (bicyclic) bond motifs is 1. The molecule has 0 aliphatic rings. The first-order chi connectivity index (χ1) is 9.57. The lowest BCUT2D eigenvalue weighted by Crippen LogP contribution is -2.22. The van der Waals surface area contributed by atoms with E-state index in [4.69, 9.17) is 1.37 Å². The second kappa shape index (κ2) is 4.48. The highest BCUT2D eigenvalue weighted by molar-refractivity contribution is 5.79. The predicted octanol–water partition coefficient (Wildman–Crippen LogP) is 3.49. The summed E-state index contributed by atoms with van der Waals surface area (Å²) in [5, 5.41) is 11.7. The molecule has 1 N–H and O–H groups in total. The van der Waals surface area contributed by atoms with E-state index in [1.54, 1.807) is 13.0 Å². The van der Waals surface area contributed by atoms with Gasteiger partial charge < -0.3 is 5.11 Å². The Morgan fingerprint density at radius 2 is 1.84 bits per heavy atom. The predicted molar refractivity (Wildman–Crippen MR) is 76.9 cm³/mol. The summed E-state index contributed by atoms with van der Waals surface area (Å²) in [5.74, 6) is 0. The smallest absolute Gasteiger partial charge is 0.112 e. The Morgan fingerprint density at radius 1 is 1.05 bits per heavy atom. The van der Waals surface area contributed by atoms with Gasteiger partial charge in [-0.3, -0.25) is 4.98 Å². The molecule has 94 valence electrons. The maximum Gasteiger partial charge on any atom is 0.112 e. The van der Waals surface area contributed by atoms with Crippen LogP contribution in [0, 0.1) is 0 Å². The number of hydrogen-bond donors (Lipinski definition) is 1. The summed E-state index contributed by atoms with van der Waals surface area (Å²) in [7, 11) is 0. The van der Waals surface area contributed by atoms with Crippen LogP contribution >= 0.6 is 0 Å². The van der Waals surface area contributed by atoms with Crippen molar-refractivity contribution in [3.8, 4) is 0 Å². The van der Waals surface area contributed by atoms with Gasteiger partial charge in [0.15, 0.2) is 0 Å². The average Bonchev–Trinajstić information content (AvgIpc) is 2.47. The van der Waals surface area contributed by atoms with E-state index in [9.17, 15) is 5.11 Å². The number of rotatable bonds is 2. The molecule has 0 aliphatic heterocycles. The summed E-state index contributed by atoms with van der Waals surface area (Å²) >= 11 is 0. The second-order valence-corrected chi connectivity index (χ2v) is 4.78. The van der Waals surface area contributed by atoms with Crippen molar-refractivity contribution in [1.29, 1.82) is 0 Å². The summed E-state index contributed by atoms with van der Waals surface area (Å²) in [4.78, 5) is 4.21. The van der Waals surface area contributed by atoms with Crippen LogP contribution in [0.3, 0.4) is 0 Å². The van der Waals surface area contributed by atoms with E-state index >= 15 is 0 Å². The largest absolute Gasteiger partial charge is 0.381 e. The zero-order valence-electron chi connectivity index (χ0n) is 11.7. The Kier molecular flexibility index (Phi) is 2.53. The maximum atomic E-state index is 10.8. The van der Waals surface area contributed by atoms with Crippen molar-refractivity contribution in [2.75, 3.05) is 0 Å². The van der Waals surface area contributed by atoms with Crippen LogP contribution in [-0.2, 0) is 5.60 Å². The molecule has 3 rings (SSSR count). The highest BCUT2D eigenvalue weighted by atomic mass is 16.3. The number of aromatic nitrogens is 1. The van der Waals surface area contributed by atoms with Crippen LogP contribution in [0.4, 0.5) is 0 Å². The molecule has 1 unspecified atom stereocenters. The van der Waals surface area contributed by atoms with Gasteiger partial charge in [0.1, 0.15) is 5.60 Å². The fourth-order valence-electron chi connectivity index (χ4n) is 2.25. The zero-order chi connectivity index (χ0) is 14.2. The van der Waals surface area contributed by atoms with Crippen LogP contribution in [0.1, 0.15) is 19.4 Å². The molecule has 0 spiro atoms. The fraction of sp³-hybridized carbons (Fsp3) is 0.118. The van der Waals surface area contributed by atoms with Crippen molar-refractivity contribution in [2.24, 2.45) is 0 Å². The van der Waals surface area contributed by atoms with Crippen molar-refractivity contribution in [3.05, 3.63) is 78.0 Å². The van der Waals surface area contributed by atoms with Gasteiger partial charge in [-0.05, 0) is 36.2 Å². The molecule has 3 aromatic rings. The second-order valence-electron chi connectivity index (χ2n) is 4.78. The molecule has 1 atom stereocenters. The molecular weight excluding hydrogens is 234 g/mol. The lowest BCUT2D eigenvalue weighted by atomic mass is 9.87. The molecule has 0 saturated heterocycles. The lowest BCUT2D eigenvalue weighted by molar-refractivity contribution is 0.102. The maximum absolute atomic E-state index is 10.8. The number of benzene rings is 2. The summed E-state index contributed by atoms with van der Waals surface area (Å²) in [5.41, 5.74) is 1.40. The lowest BCUT2D eigenvalue weighted by Gasteiger charge is -2.24.